The van der Waals surface area contributed by atoms with Crippen molar-refractivity contribution in [2.45, 2.75) is 20.4 Å². The standard InChI is InChI=1S/C21H16N4O3S4/c1-3-24-18(26)12(30-20(24)14-19(27)25(4-2)21(29)31-14)10-13-22-17-15(28-13)23-16(32-17)11-8-6-5-7-9-11/h5-10H,3-4H2,1-2H3/b12-10+,20-14+. The molecular formula is C21H16N4O3S4. The topological polar surface area (TPSA) is 81.2 Å². The number of fused-ring (bicyclic) bond motifs is 1. The number of oxazole rings is 1. The van der Waals surface area contributed by atoms with Crippen molar-refractivity contribution in [3.63, 3.8) is 0 Å². The first-order valence-corrected chi connectivity index (χ1v) is 12.7. The third-order valence-corrected chi connectivity index (χ3v) is 8.53. The van der Waals surface area contributed by atoms with E-state index in [-0.39, 0.29) is 11.5 Å². The summed E-state index contributed by atoms with van der Waals surface area (Å²) in [4.78, 5) is 37.5. The summed E-state index contributed by atoms with van der Waals surface area (Å²) in [6.07, 6.45) is 1.61. The third kappa shape index (κ3) is 3.54. The molecule has 1 saturated heterocycles. The minimum Gasteiger partial charge on any atom is -0.417 e. The average molecular weight is 501 g/mol. The van der Waals surface area contributed by atoms with Crippen LogP contribution in [0.4, 0.5) is 0 Å². The molecule has 4 heterocycles. The predicted octanol–water partition coefficient (Wildman–Crippen LogP) is 3.01. The first kappa shape index (κ1) is 21.3. The summed E-state index contributed by atoms with van der Waals surface area (Å²) in [6.45, 7) is 4.69. The van der Waals surface area contributed by atoms with Crippen molar-refractivity contribution in [3.05, 3.63) is 55.8 Å². The van der Waals surface area contributed by atoms with Crippen LogP contribution >= 0.6 is 46.7 Å². The maximum Gasteiger partial charge on any atom is 0.269 e. The lowest BCUT2D eigenvalue weighted by Crippen LogP contribution is -2.33. The van der Waals surface area contributed by atoms with Gasteiger partial charge >= 0.3 is 0 Å². The summed E-state index contributed by atoms with van der Waals surface area (Å²) in [5.74, 6) is 0.152. The Hall–Kier alpha value is -2.60. The zero-order chi connectivity index (χ0) is 22.4. The van der Waals surface area contributed by atoms with Crippen molar-refractivity contribution in [2.75, 3.05) is 6.54 Å². The number of nitrogens with zero attached hydrogens (tertiary/aromatic N) is 4. The van der Waals surface area contributed by atoms with E-state index in [9.17, 15) is 9.59 Å². The summed E-state index contributed by atoms with van der Waals surface area (Å²) >= 11 is 9.23. The number of thiazole rings is 2. The van der Waals surface area contributed by atoms with Gasteiger partial charge in [-0.25, -0.2) is 0 Å². The molecule has 32 heavy (non-hydrogen) atoms. The Morgan fingerprint density at radius 3 is 2.53 bits per heavy atom. The van der Waals surface area contributed by atoms with Crippen molar-refractivity contribution in [3.8, 4) is 10.6 Å². The fourth-order valence-electron chi connectivity index (χ4n) is 3.31. The molecule has 0 bridgehead atoms. The Morgan fingerprint density at radius 2 is 1.88 bits per heavy atom. The summed E-state index contributed by atoms with van der Waals surface area (Å²) in [5.41, 5.74) is 1.25. The Bertz CT molecular complexity index is 1510. The summed E-state index contributed by atoms with van der Waals surface area (Å²) in [7, 11) is 0. The van der Waals surface area contributed by atoms with Crippen LogP contribution in [0.25, 0.3) is 32.1 Å². The van der Waals surface area contributed by atoms with Gasteiger partial charge in [0.2, 0.25) is 5.89 Å². The second-order valence-electron chi connectivity index (χ2n) is 6.76. The summed E-state index contributed by atoms with van der Waals surface area (Å²) < 4.78 is 8.95. The zero-order valence-electron chi connectivity index (χ0n) is 17.0. The van der Waals surface area contributed by atoms with Gasteiger partial charge in [-0.05, 0) is 13.8 Å². The highest BCUT2D eigenvalue weighted by Crippen LogP contribution is 2.31. The number of rotatable bonds is 4. The van der Waals surface area contributed by atoms with Crippen molar-refractivity contribution in [1.29, 1.82) is 0 Å². The molecule has 1 aliphatic heterocycles. The molecule has 4 aromatic rings. The van der Waals surface area contributed by atoms with Crippen LogP contribution in [-0.4, -0.2) is 36.2 Å². The fraction of sp³-hybridized carbons (Fsp3) is 0.190. The lowest BCUT2D eigenvalue weighted by molar-refractivity contribution is -0.120. The number of amides is 1. The van der Waals surface area contributed by atoms with E-state index in [0.717, 1.165) is 10.6 Å². The number of aromatic nitrogens is 3. The van der Waals surface area contributed by atoms with Gasteiger partial charge in [0.1, 0.15) is 18.9 Å². The molecule has 1 amide bonds. The van der Waals surface area contributed by atoms with E-state index in [0.29, 0.717) is 47.9 Å². The number of thioether (sulfide) groups is 1. The van der Waals surface area contributed by atoms with Gasteiger partial charge in [-0.2, -0.15) is 9.97 Å². The number of thiocarbonyl (C=S) groups is 1. The van der Waals surface area contributed by atoms with E-state index in [1.165, 1.54) is 34.4 Å². The van der Waals surface area contributed by atoms with Crippen LogP contribution in [0.1, 0.15) is 19.7 Å². The minimum absolute atomic E-state index is 0.160. The van der Waals surface area contributed by atoms with Gasteiger partial charge in [0.15, 0.2) is 4.83 Å². The Morgan fingerprint density at radius 1 is 1.09 bits per heavy atom. The zero-order valence-corrected chi connectivity index (χ0v) is 20.3. The highest BCUT2D eigenvalue weighted by molar-refractivity contribution is 8.30. The summed E-state index contributed by atoms with van der Waals surface area (Å²) in [5, 5.41) is 0.828. The average Bonchev–Trinajstić information content (AvgIpc) is 3.50. The lowest BCUT2D eigenvalue weighted by atomic mass is 10.2. The van der Waals surface area contributed by atoms with Crippen molar-refractivity contribution in [1.82, 2.24) is 19.4 Å². The molecular weight excluding hydrogens is 485 g/mol. The second kappa shape index (κ2) is 8.39. The van der Waals surface area contributed by atoms with Gasteiger partial charge in [-0.15, -0.1) is 11.3 Å². The molecule has 3 aromatic heterocycles. The molecule has 0 radical (unpaired) electrons. The molecule has 0 spiro atoms. The largest absolute Gasteiger partial charge is 0.417 e. The van der Waals surface area contributed by atoms with Crippen LogP contribution in [0.15, 0.2) is 39.5 Å². The second-order valence-corrected chi connectivity index (χ2v) is 10.4. The first-order valence-electron chi connectivity index (χ1n) is 9.82. The molecule has 1 aliphatic rings. The molecule has 1 aromatic carbocycles. The van der Waals surface area contributed by atoms with E-state index in [1.54, 1.807) is 15.5 Å². The van der Waals surface area contributed by atoms with E-state index in [4.69, 9.17) is 16.6 Å². The number of carbonyl (C=O) groups excluding carboxylic acids is 1. The van der Waals surface area contributed by atoms with Crippen LogP contribution in [0.2, 0.25) is 0 Å². The normalized spacial score (nSPS) is 16.7. The fourth-order valence-corrected chi connectivity index (χ4v) is 6.86. The molecule has 11 heteroatoms. The van der Waals surface area contributed by atoms with Crippen LogP contribution in [0, 0.1) is 0 Å². The van der Waals surface area contributed by atoms with Crippen LogP contribution in [0.3, 0.4) is 0 Å². The summed E-state index contributed by atoms with van der Waals surface area (Å²) in [6, 6.07) is 9.83. The number of hydrogen-bond acceptors (Lipinski definition) is 9. The molecule has 0 N–H and O–H groups in total. The molecule has 1 fully saturated rings. The maximum atomic E-state index is 13.0. The van der Waals surface area contributed by atoms with E-state index in [1.807, 2.05) is 44.2 Å². The van der Waals surface area contributed by atoms with Crippen LogP contribution in [-0.2, 0) is 11.3 Å². The Kier molecular flexibility index (Phi) is 5.58. The molecule has 162 valence electrons. The predicted molar refractivity (Wildman–Crippen MR) is 133 cm³/mol. The molecule has 5 rings (SSSR count). The van der Waals surface area contributed by atoms with Gasteiger partial charge in [-0.1, -0.05) is 65.6 Å². The Balaban J connectivity index is 1.59. The lowest BCUT2D eigenvalue weighted by Gasteiger charge is -2.09. The number of carbonyl (C=O) groups is 1. The molecule has 0 unspecified atom stereocenters. The molecule has 0 aliphatic carbocycles. The van der Waals surface area contributed by atoms with E-state index < -0.39 is 0 Å². The highest BCUT2D eigenvalue weighted by Gasteiger charge is 2.32. The van der Waals surface area contributed by atoms with Gasteiger partial charge in [0.05, 0.1) is 4.53 Å². The number of benzene rings is 1. The van der Waals surface area contributed by atoms with Gasteiger partial charge in [-0.3, -0.25) is 19.1 Å². The van der Waals surface area contributed by atoms with Crippen molar-refractivity contribution >= 4 is 78.4 Å². The molecule has 7 nitrogen and oxygen atoms in total. The quantitative estimate of drug-likeness (QED) is 0.399. The van der Waals surface area contributed by atoms with E-state index in [2.05, 4.69) is 9.97 Å². The minimum atomic E-state index is -0.186. The van der Waals surface area contributed by atoms with Gasteiger partial charge < -0.3 is 4.42 Å². The van der Waals surface area contributed by atoms with Gasteiger partial charge in [0.25, 0.3) is 17.2 Å². The van der Waals surface area contributed by atoms with Gasteiger partial charge in [0, 0.05) is 24.7 Å². The highest BCUT2D eigenvalue weighted by atomic mass is 32.2. The SMILES string of the molecule is CCN1C(=O)/C(=c2\s/c(=C/c3nc4sc(-c5ccccc5)nc4o3)c(=O)n2CC)SC1=S. The van der Waals surface area contributed by atoms with Crippen LogP contribution in [0.5, 0.6) is 0 Å². The maximum absolute atomic E-state index is 13.0. The van der Waals surface area contributed by atoms with Crippen molar-refractivity contribution in [2.24, 2.45) is 0 Å². The number of hydrogen-bond donors (Lipinski definition) is 0. The smallest absolute Gasteiger partial charge is 0.269 e. The molecule has 0 saturated carbocycles. The monoisotopic (exact) mass is 500 g/mol. The third-order valence-electron chi connectivity index (χ3n) is 4.85. The first-order chi connectivity index (χ1) is 15.5. The van der Waals surface area contributed by atoms with Crippen LogP contribution < -0.4 is 14.8 Å². The Labute approximate surface area is 199 Å². The van der Waals surface area contributed by atoms with E-state index >= 15 is 0 Å². The molecule has 0 atom stereocenters. The van der Waals surface area contributed by atoms with Crippen molar-refractivity contribution < 1.29 is 9.21 Å².